The van der Waals surface area contributed by atoms with Crippen LogP contribution >= 0.6 is 0 Å². The Morgan fingerprint density at radius 1 is 1.40 bits per heavy atom. The summed E-state index contributed by atoms with van der Waals surface area (Å²) in [4.78, 5) is 12.8. The Hall–Kier alpha value is -1.35. The predicted octanol–water partition coefficient (Wildman–Crippen LogP) is 1.95. The minimum Gasteiger partial charge on any atom is -0.353 e. The van der Waals surface area contributed by atoms with Gasteiger partial charge in [0, 0.05) is 13.5 Å². The normalized spacial score (nSPS) is 21.4. The van der Waals surface area contributed by atoms with Gasteiger partial charge in [-0.2, -0.15) is 0 Å². The van der Waals surface area contributed by atoms with E-state index in [9.17, 15) is 4.79 Å². The molecule has 0 aromatic heterocycles. The molecule has 1 saturated heterocycles. The highest BCUT2D eigenvalue weighted by Crippen LogP contribution is 2.24. The fourth-order valence-corrected chi connectivity index (χ4v) is 1.78. The summed E-state index contributed by atoms with van der Waals surface area (Å²) in [5.41, 5.74) is 1.20. The molecule has 3 nitrogen and oxygen atoms in total. The van der Waals surface area contributed by atoms with Gasteiger partial charge < -0.3 is 9.64 Å². The molecular weight excluding hydrogens is 190 g/mol. The first-order chi connectivity index (χ1) is 7.27. The number of rotatable bonds is 1. The SMILES string of the molecule is CC(=O)N1CCC(c2ccccc2)OC1. The molecule has 1 heterocycles. The highest BCUT2D eigenvalue weighted by atomic mass is 16.5. The number of carbonyl (C=O) groups is 1. The van der Waals surface area contributed by atoms with Crippen LogP contribution in [0.3, 0.4) is 0 Å². The second-order valence-corrected chi connectivity index (χ2v) is 3.77. The number of ether oxygens (including phenoxy) is 1. The summed E-state index contributed by atoms with van der Waals surface area (Å²) in [6.45, 7) is 2.77. The van der Waals surface area contributed by atoms with Gasteiger partial charge >= 0.3 is 0 Å². The maximum atomic E-state index is 11.1. The van der Waals surface area contributed by atoms with E-state index >= 15 is 0 Å². The molecule has 1 unspecified atom stereocenters. The average Bonchev–Trinajstić information content (AvgIpc) is 2.30. The highest BCUT2D eigenvalue weighted by molar-refractivity contribution is 5.73. The number of amides is 1. The zero-order valence-corrected chi connectivity index (χ0v) is 8.85. The Kier molecular flexibility index (Phi) is 3.02. The monoisotopic (exact) mass is 205 g/mol. The van der Waals surface area contributed by atoms with Gasteiger partial charge in [0.1, 0.15) is 6.73 Å². The van der Waals surface area contributed by atoms with Crippen molar-refractivity contribution >= 4 is 5.91 Å². The molecule has 0 radical (unpaired) electrons. The quantitative estimate of drug-likeness (QED) is 0.701. The van der Waals surface area contributed by atoms with Gasteiger partial charge in [0.25, 0.3) is 0 Å². The number of hydrogen-bond acceptors (Lipinski definition) is 2. The molecule has 1 aliphatic heterocycles. The van der Waals surface area contributed by atoms with Crippen molar-refractivity contribution in [2.45, 2.75) is 19.4 Å². The van der Waals surface area contributed by atoms with Crippen molar-refractivity contribution in [3.63, 3.8) is 0 Å². The first kappa shape index (κ1) is 10.2. The van der Waals surface area contributed by atoms with Gasteiger partial charge in [-0.15, -0.1) is 0 Å². The smallest absolute Gasteiger partial charge is 0.221 e. The van der Waals surface area contributed by atoms with Gasteiger partial charge in [0.05, 0.1) is 6.10 Å². The molecule has 1 aromatic rings. The average molecular weight is 205 g/mol. The van der Waals surface area contributed by atoms with Crippen molar-refractivity contribution in [2.24, 2.45) is 0 Å². The summed E-state index contributed by atoms with van der Waals surface area (Å²) >= 11 is 0. The Balaban J connectivity index is 1.97. The molecule has 1 fully saturated rings. The van der Waals surface area contributed by atoms with E-state index in [0.29, 0.717) is 6.73 Å². The van der Waals surface area contributed by atoms with E-state index in [1.807, 2.05) is 18.2 Å². The van der Waals surface area contributed by atoms with Crippen LogP contribution in [-0.4, -0.2) is 24.1 Å². The zero-order valence-electron chi connectivity index (χ0n) is 8.85. The second-order valence-electron chi connectivity index (χ2n) is 3.77. The summed E-state index contributed by atoms with van der Waals surface area (Å²) in [6.07, 6.45) is 1.02. The van der Waals surface area contributed by atoms with E-state index in [1.54, 1.807) is 11.8 Å². The van der Waals surface area contributed by atoms with Crippen LogP contribution in [0.1, 0.15) is 25.0 Å². The first-order valence-electron chi connectivity index (χ1n) is 5.19. The number of hydrogen-bond donors (Lipinski definition) is 0. The van der Waals surface area contributed by atoms with Crippen LogP contribution in [-0.2, 0) is 9.53 Å². The molecule has 0 spiro atoms. The van der Waals surface area contributed by atoms with Crippen molar-refractivity contribution in [1.82, 2.24) is 4.90 Å². The lowest BCUT2D eigenvalue weighted by atomic mass is 10.1. The van der Waals surface area contributed by atoms with Crippen LogP contribution in [0.5, 0.6) is 0 Å². The minimum absolute atomic E-state index is 0.0847. The van der Waals surface area contributed by atoms with Crippen molar-refractivity contribution in [2.75, 3.05) is 13.3 Å². The third-order valence-electron chi connectivity index (χ3n) is 2.71. The molecule has 2 rings (SSSR count). The lowest BCUT2D eigenvalue weighted by Crippen LogP contribution is -2.37. The second kappa shape index (κ2) is 4.45. The maximum absolute atomic E-state index is 11.1. The highest BCUT2D eigenvalue weighted by Gasteiger charge is 2.21. The maximum Gasteiger partial charge on any atom is 0.221 e. The van der Waals surface area contributed by atoms with Crippen LogP contribution in [0.15, 0.2) is 30.3 Å². The lowest BCUT2D eigenvalue weighted by Gasteiger charge is -2.31. The van der Waals surface area contributed by atoms with Crippen LogP contribution < -0.4 is 0 Å². The third-order valence-corrected chi connectivity index (χ3v) is 2.71. The van der Waals surface area contributed by atoms with Crippen LogP contribution in [0.4, 0.5) is 0 Å². The molecule has 1 aliphatic rings. The Bertz CT molecular complexity index is 329. The van der Waals surface area contributed by atoms with Crippen molar-refractivity contribution in [1.29, 1.82) is 0 Å². The topological polar surface area (TPSA) is 29.5 Å². The molecule has 1 amide bonds. The summed E-state index contributed by atoms with van der Waals surface area (Å²) in [5.74, 6) is 0.0847. The van der Waals surface area contributed by atoms with Gasteiger partial charge in [-0.05, 0) is 12.0 Å². The van der Waals surface area contributed by atoms with Crippen molar-refractivity contribution in [3.8, 4) is 0 Å². The van der Waals surface area contributed by atoms with Crippen LogP contribution in [0, 0.1) is 0 Å². The van der Waals surface area contributed by atoms with E-state index in [2.05, 4.69) is 12.1 Å². The first-order valence-corrected chi connectivity index (χ1v) is 5.19. The van der Waals surface area contributed by atoms with Gasteiger partial charge in [0.2, 0.25) is 5.91 Å². The van der Waals surface area contributed by atoms with Gasteiger partial charge in [0.15, 0.2) is 0 Å². The Morgan fingerprint density at radius 3 is 2.67 bits per heavy atom. The minimum atomic E-state index is 0.0847. The molecule has 1 aromatic carbocycles. The van der Waals surface area contributed by atoms with Gasteiger partial charge in [-0.25, -0.2) is 0 Å². The molecule has 0 saturated carbocycles. The molecule has 15 heavy (non-hydrogen) atoms. The van der Waals surface area contributed by atoms with E-state index < -0.39 is 0 Å². The molecule has 0 aliphatic carbocycles. The zero-order chi connectivity index (χ0) is 10.7. The molecule has 1 atom stereocenters. The summed E-state index contributed by atoms with van der Waals surface area (Å²) in [5, 5.41) is 0. The fraction of sp³-hybridized carbons (Fsp3) is 0.417. The molecule has 80 valence electrons. The van der Waals surface area contributed by atoms with Crippen molar-refractivity contribution in [3.05, 3.63) is 35.9 Å². The summed E-state index contributed by atoms with van der Waals surface area (Å²) in [6, 6.07) is 10.1. The van der Waals surface area contributed by atoms with E-state index in [1.165, 1.54) is 5.56 Å². The number of benzene rings is 1. The number of carbonyl (C=O) groups excluding carboxylic acids is 1. The van der Waals surface area contributed by atoms with E-state index in [0.717, 1.165) is 13.0 Å². The third kappa shape index (κ3) is 2.36. The molecule has 0 bridgehead atoms. The fourth-order valence-electron chi connectivity index (χ4n) is 1.78. The Labute approximate surface area is 89.7 Å². The van der Waals surface area contributed by atoms with Gasteiger partial charge in [-0.3, -0.25) is 4.79 Å². The standard InChI is InChI=1S/C12H15NO2/c1-10(14)13-8-7-12(15-9-13)11-5-3-2-4-6-11/h2-6,12H,7-9H2,1H3. The van der Waals surface area contributed by atoms with Gasteiger partial charge in [-0.1, -0.05) is 30.3 Å². The largest absolute Gasteiger partial charge is 0.353 e. The summed E-state index contributed by atoms with van der Waals surface area (Å²) in [7, 11) is 0. The number of nitrogens with zero attached hydrogens (tertiary/aromatic N) is 1. The Morgan fingerprint density at radius 2 is 2.13 bits per heavy atom. The molecule has 3 heteroatoms. The van der Waals surface area contributed by atoms with E-state index in [-0.39, 0.29) is 12.0 Å². The molecular formula is C12H15NO2. The van der Waals surface area contributed by atoms with E-state index in [4.69, 9.17) is 4.74 Å². The predicted molar refractivity (Wildman–Crippen MR) is 57.1 cm³/mol. The lowest BCUT2D eigenvalue weighted by molar-refractivity contribution is -0.144. The molecule has 0 N–H and O–H groups in total. The summed E-state index contributed by atoms with van der Waals surface area (Å²) < 4.78 is 5.64. The van der Waals surface area contributed by atoms with Crippen LogP contribution in [0.2, 0.25) is 0 Å². The van der Waals surface area contributed by atoms with Crippen molar-refractivity contribution < 1.29 is 9.53 Å². The van der Waals surface area contributed by atoms with Crippen LogP contribution in [0.25, 0.3) is 0 Å².